The molecule has 7 heteroatoms. The monoisotopic (exact) mass is 422 g/mol. The van der Waals surface area contributed by atoms with Gasteiger partial charge in [0.2, 0.25) is 11.8 Å². The molecule has 28 heavy (non-hydrogen) atoms. The highest BCUT2D eigenvalue weighted by molar-refractivity contribution is 6.42. The standard InChI is InChI=1S/C21H24Cl2N2O3/c1-2-3-12-25(21(28)14-16-6-10-18(22)19(23)13-16)24-20(27)11-7-15-4-8-17(26)9-5-15/h4-6,8-10,13,26H,2-3,7,11-12,14H2,1H3,(H,24,27). The zero-order chi connectivity index (χ0) is 20.5. The maximum atomic E-state index is 12.7. The number of amides is 2. The lowest BCUT2D eigenvalue weighted by Crippen LogP contribution is -2.47. The number of hydrogen-bond donors (Lipinski definition) is 2. The number of hydrazine groups is 1. The average molecular weight is 423 g/mol. The largest absolute Gasteiger partial charge is 0.508 e. The van der Waals surface area contributed by atoms with Gasteiger partial charge < -0.3 is 5.11 Å². The normalized spacial score (nSPS) is 10.5. The zero-order valence-electron chi connectivity index (χ0n) is 15.8. The van der Waals surface area contributed by atoms with Gasteiger partial charge in [-0.2, -0.15) is 0 Å². The second-order valence-corrected chi connectivity index (χ2v) is 7.34. The molecular weight excluding hydrogens is 399 g/mol. The summed E-state index contributed by atoms with van der Waals surface area (Å²) in [6, 6.07) is 11.8. The van der Waals surface area contributed by atoms with Crippen molar-refractivity contribution in [2.45, 2.75) is 39.0 Å². The van der Waals surface area contributed by atoms with Crippen molar-refractivity contribution in [3.05, 3.63) is 63.6 Å². The van der Waals surface area contributed by atoms with Crippen molar-refractivity contribution in [2.75, 3.05) is 6.54 Å². The third-order valence-electron chi connectivity index (χ3n) is 4.21. The Hall–Kier alpha value is -2.24. The van der Waals surface area contributed by atoms with Crippen LogP contribution in [-0.4, -0.2) is 28.5 Å². The van der Waals surface area contributed by atoms with Crippen LogP contribution in [0.4, 0.5) is 0 Å². The van der Waals surface area contributed by atoms with Crippen LogP contribution in [0.1, 0.15) is 37.3 Å². The molecule has 0 radical (unpaired) electrons. The number of aryl methyl sites for hydroxylation is 1. The zero-order valence-corrected chi connectivity index (χ0v) is 17.3. The smallest absolute Gasteiger partial charge is 0.245 e. The van der Waals surface area contributed by atoms with E-state index in [1.165, 1.54) is 5.01 Å². The molecule has 0 saturated heterocycles. The van der Waals surface area contributed by atoms with Crippen LogP contribution >= 0.6 is 23.2 Å². The average Bonchev–Trinajstić information content (AvgIpc) is 2.67. The van der Waals surface area contributed by atoms with Crippen molar-refractivity contribution in [3.8, 4) is 5.75 Å². The van der Waals surface area contributed by atoms with E-state index in [2.05, 4.69) is 5.43 Å². The Morgan fingerprint density at radius 1 is 1.04 bits per heavy atom. The van der Waals surface area contributed by atoms with E-state index in [0.29, 0.717) is 23.0 Å². The molecular formula is C21H24Cl2N2O3. The Balaban J connectivity index is 1.94. The van der Waals surface area contributed by atoms with E-state index in [0.717, 1.165) is 24.0 Å². The molecule has 0 unspecified atom stereocenters. The van der Waals surface area contributed by atoms with Gasteiger partial charge in [0.15, 0.2) is 0 Å². The molecule has 0 aliphatic carbocycles. The lowest BCUT2D eigenvalue weighted by atomic mass is 10.1. The predicted molar refractivity (Wildman–Crippen MR) is 111 cm³/mol. The van der Waals surface area contributed by atoms with Gasteiger partial charge >= 0.3 is 0 Å². The van der Waals surface area contributed by atoms with Crippen LogP contribution in [0.25, 0.3) is 0 Å². The van der Waals surface area contributed by atoms with Gasteiger partial charge in [-0.1, -0.05) is 54.7 Å². The summed E-state index contributed by atoms with van der Waals surface area (Å²) in [7, 11) is 0. The number of phenolic OH excluding ortho intramolecular Hbond substituents is 1. The third-order valence-corrected chi connectivity index (χ3v) is 4.95. The maximum Gasteiger partial charge on any atom is 0.245 e. The van der Waals surface area contributed by atoms with E-state index in [4.69, 9.17) is 23.2 Å². The molecule has 2 N–H and O–H groups in total. The van der Waals surface area contributed by atoms with Crippen LogP contribution in [0.15, 0.2) is 42.5 Å². The third kappa shape index (κ3) is 7.06. The van der Waals surface area contributed by atoms with Gasteiger partial charge in [0.25, 0.3) is 0 Å². The fraction of sp³-hybridized carbons (Fsp3) is 0.333. The van der Waals surface area contributed by atoms with Crippen molar-refractivity contribution in [3.63, 3.8) is 0 Å². The lowest BCUT2D eigenvalue weighted by molar-refractivity contribution is -0.141. The fourth-order valence-corrected chi connectivity index (χ4v) is 2.93. The number of nitrogens with one attached hydrogen (secondary N) is 1. The molecule has 150 valence electrons. The Bertz CT molecular complexity index is 810. The van der Waals surface area contributed by atoms with Gasteiger partial charge in [0.1, 0.15) is 5.75 Å². The number of hydrogen-bond acceptors (Lipinski definition) is 3. The highest BCUT2D eigenvalue weighted by Gasteiger charge is 2.17. The number of carbonyl (C=O) groups is 2. The fourth-order valence-electron chi connectivity index (χ4n) is 2.61. The maximum absolute atomic E-state index is 12.7. The first-order valence-corrected chi connectivity index (χ1v) is 9.96. The first-order valence-electron chi connectivity index (χ1n) is 9.20. The van der Waals surface area contributed by atoms with Crippen molar-refractivity contribution >= 4 is 35.0 Å². The SMILES string of the molecule is CCCCN(NC(=O)CCc1ccc(O)cc1)C(=O)Cc1ccc(Cl)c(Cl)c1. The van der Waals surface area contributed by atoms with E-state index >= 15 is 0 Å². The quantitative estimate of drug-likeness (QED) is 0.613. The van der Waals surface area contributed by atoms with Crippen molar-refractivity contribution in [1.82, 2.24) is 10.4 Å². The molecule has 0 aliphatic rings. The molecule has 2 aromatic rings. The van der Waals surface area contributed by atoms with Gasteiger partial charge in [-0.25, -0.2) is 0 Å². The Labute approximate surface area is 175 Å². The first-order chi connectivity index (χ1) is 13.4. The molecule has 0 fully saturated rings. The van der Waals surface area contributed by atoms with Crippen LogP contribution < -0.4 is 5.43 Å². The van der Waals surface area contributed by atoms with Crippen molar-refractivity contribution in [1.29, 1.82) is 0 Å². The summed E-state index contributed by atoms with van der Waals surface area (Å²) in [4.78, 5) is 25.0. The molecule has 2 aromatic carbocycles. The predicted octanol–water partition coefficient (Wildman–Crippen LogP) is 4.53. The summed E-state index contributed by atoms with van der Waals surface area (Å²) in [6.07, 6.45) is 2.58. The number of carbonyl (C=O) groups excluding carboxylic acids is 2. The summed E-state index contributed by atoms with van der Waals surface area (Å²) in [5, 5.41) is 11.5. The Morgan fingerprint density at radius 3 is 2.36 bits per heavy atom. The topological polar surface area (TPSA) is 69.6 Å². The second kappa shape index (κ2) is 10.9. The van der Waals surface area contributed by atoms with Crippen LogP contribution in [0, 0.1) is 0 Å². The van der Waals surface area contributed by atoms with Crippen molar-refractivity contribution < 1.29 is 14.7 Å². The molecule has 2 amide bonds. The number of nitrogens with zero attached hydrogens (tertiary/aromatic N) is 1. The van der Waals surface area contributed by atoms with E-state index in [1.807, 2.05) is 6.92 Å². The first kappa shape index (κ1) is 22.1. The minimum absolute atomic E-state index is 0.124. The van der Waals surface area contributed by atoms with E-state index in [9.17, 15) is 14.7 Å². The highest BCUT2D eigenvalue weighted by atomic mass is 35.5. The number of unbranched alkanes of at least 4 members (excludes halogenated alkanes) is 1. The molecule has 0 spiro atoms. The number of benzene rings is 2. The number of phenols is 1. The van der Waals surface area contributed by atoms with E-state index in [-0.39, 0.29) is 30.4 Å². The van der Waals surface area contributed by atoms with E-state index < -0.39 is 0 Å². The Kier molecular flexibility index (Phi) is 8.61. The van der Waals surface area contributed by atoms with Gasteiger partial charge in [-0.15, -0.1) is 0 Å². The van der Waals surface area contributed by atoms with Crippen molar-refractivity contribution in [2.24, 2.45) is 0 Å². The molecule has 0 atom stereocenters. The minimum Gasteiger partial charge on any atom is -0.508 e. The van der Waals surface area contributed by atoms with E-state index in [1.54, 1.807) is 42.5 Å². The Morgan fingerprint density at radius 2 is 1.71 bits per heavy atom. The summed E-state index contributed by atoms with van der Waals surface area (Å²) < 4.78 is 0. The van der Waals surface area contributed by atoms with Crippen LogP contribution in [0.3, 0.4) is 0 Å². The van der Waals surface area contributed by atoms with Crippen LogP contribution in [0.5, 0.6) is 5.75 Å². The minimum atomic E-state index is -0.230. The molecule has 0 saturated carbocycles. The summed E-state index contributed by atoms with van der Waals surface area (Å²) in [5.74, 6) is -0.247. The summed E-state index contributed by atoms with van der Waals surface area (Å²) in [6.45, 7) is 2.47. The molecule has 0 aliphatic heterocycles. The van der Waals surface area contributed by atoms with Gasteiger partial charge in [-0.3, -0.25) is 20.0 Å². The molecule has 5 nitrogen and oxygen atoms in total. The number of aromatic hydroxyl groups is 1. The summed E-state index contributed by atoms with van der Waals surface area (Å²) in [5.41, 5.74) is 4.39. The molecule has 0 aromatic heterocycles. The number of rotatable bonds is 8. The molecule has 2 rings (SSSR count). The van der Waals surface area contributed by atoms with Gasteiger partial charge in [0, 0.05) is 13.0 Å². The van der Waals surface area contributed by atoms with Gasteiger partial charge in [-0.05, 0) is 48.2 Å². The van der Waals surface area contributed by atoms with Crippen LogP contribution in [0.2, 0.25) is 10.0 Å². The van der Waals surface area contributed by atoms with Crippen LogP contribution in [-0.2, 0) is 22.4 Å². The second-order valence-electron chi connectivity index (χ2n) is 6.53. The number of halogens is 2. The lowest BCUT2D eigenvalue weighted by Gasteiger charge is -2.23. The molecule has 0 bridgehead atoms. The highest BCUT2D eigenvalue weighted by Crippen LogP contribution is 2.23. The van der Waals surface area contributed by atoms with Gasteiger partial charge in [0.05, 0.1) is 16.5 Å². The summed E-state index contributed by atoms with van der Waals surface area (Å²) >= 11 is 11.9. The molecule has 0 heterocycles.